The van der Waals surface area contributed by atoms with Crippen molar-refractivity contribution in [3.05, 3.63) is 78.8 Å². The molecule has 5 rings (SSSR count). The molecule has 168 valence electrons. The molecule has 1 amide bonds. The molecule has 3 aromatic heterocycles. The van der Waals surface area contributed by atoms with E-state index in [4.69, 9.17) is 4.42 Å². The predicted molar refractivity (Wildman–Crippen MR) is 120 cm³/mol. The Kier molecular flexibility index (Phi) is 5.28. The Morgan fingerprint density at radius 2 is 1.88 bits per heavy atom. The highest BCUT2D eigenvalue weighted by Gasteiger charge is 2.35. The van der Waals surface area contributed by atoms with Crippen LogP contribution in [0.15, 0.2) is 65.8 Å². The van der Waals surface area contributed by atoms with Gasteiger partial charge in [-0.3, -0.25) is 9.78 Å². The number of imidazole rings is 1. The molecule has 1 saturated carbocycles. The number of amides is 1. The number of nitrogens with zero attached hydrogens (tertiary/aromatic N) is 3. The Morgan fingerprint density at radius 3 is 2.58 bits per heavy atom. The molecule has 0 radical (unpaired) electrons. The van der Waals surface area contributed by atoms with Gasteiger partial charge in [0.15, 0.2) is 11.6 Å². The van der Waals surface area contributed by atoms with Gasteiger partial charge in [-0.1, -0.05) is 12.8 Å². The summed E-state index contributed by atoms with van der Waals surface area (Å²) in [6, 6.07) is 9.08. The molecule has 8 heteroatoms. The highest BCUT2D eigenvalue weighted by Crippen LogP contribution is 2.44. The van der Waals surface area contributed by atoms with Crippen molar-refractivity contribution >= 4 is 11.6 Å². The fourth-order valence-corrected chi connectivity index (χ4v) is 4.54. The first kappa shape index (κ1) is 21.1. The van der Waals surface area contributed by atoms with E-state index in [1.165, 1.54) is 30.7 Å². The molecule has 3 heterocycles. The SMILES string of the molecule is CC1(n2cnc(-c3ccc(F)cc3)c2-c2cncc(F)c2NC(=O)c2ccco2)CCCC1. The van der Waals surface area contributed by atoms with Crippen molar-refractivity contribution in [2.75, 3.05) is 5.32 Å². The van der Waals surface area contributed by atoms with E-state index in [0.717, 1.165) is 31.9 Å². The average Bonchev–Trinajstić information content (AvgIpc) is 3.57. The summed E-state index contributed by atoms with van der Waals surface area (Å²) in [6.45, 7) is 2.15. The molecule has 0 spiro atoms. The molecule has 1 fully saturated rings. The zero-order valence-electron chi connectivity index (χ0n) is 18.0. The first-order valence-corrected chi connectivity index (χ1v) is 10.8. The third-order valence-corrected chi connectivity index (χ3v) is 6.29. The minimum absolute atomic E-state index is 0.0156. The fourth-order valence-electron chi connectivity index (χ4n) is 4.54. The standard InChI is InChI=1S/C25H22F2N4O2/c1-25(10-2-3-11-25)31-15-29-21(16-6-8-17(26)9-7-16)23(31)18-13-28-14-19(27)22(18)30-24(32)20-5-4-12-33-20/h4-9,12-15H,2-3,10-11H2,1H3,(H,28,30,32). The van der Waals surface area contributed by atoms with Crippen LogP contribution in [0.2, 0.25) is 0 Å². The number of carbonyl (C=O) groups excluding carboxylic acids is 1. The topological polar surface area (TPSA) is 73.0 Å². The zero-order valence-corrected chi connectivity index (χ0v) is 18.0. The molecule has 0 bridgehead atoms. The van der Waals surface area contributed by atoms with Gasteiger partial charge in [-0.2, -0.15) is 0 Å². The van der Waals surface area contributed by atoms with E-state index in [1.54, 1.807) is 24.5 Å². The molecule has 1 aliphatic carbocycles. The molecule has 0 aliphatic heterocycles. The van der Waals surface area contributed by atoms with Crippen LogP contribution in [0.4, 0.5) is 14.5 Å². The van der Waals surface area contributed by atoms with E-state index in [9.17, 15) is 9.18 Å². The van der Waals surface area contributed by atoms with Crippen molar-refractivity contribution in [1.82, 2.24) is 14.5 Å². The van der Waals surface area contributed by atoms with Crippen molar-refractivity contribution in [2.24, 2.45) is 0 Å². The zero-order chi connectivity index (χ0) is 23.0. The maximum atomic E-state index is 15.0. The quantitative estimate of drug-likeness (QED) is 0.405. The number of carbonyl (C=O) groups is 1. The van der Waals surface area contributed by atoms with Crippen molar-refractivity contribution in [2.45, 2.75) is 38.1 Å². The molecule has 1 aliphatic rings. The number of hydrogen-bond acceptors (Lipinski definition) is 4. The average molecular weight is 448 g/mol. The number of rotatable bonds is 5. The Balaban J connectivity index is 1.70. The third-order valence-electron chi connectivity index (χ3n) is 6.29. The number of anilines is 1. The van der Waals surface area contributed by atoms with E-state index < -0.39 is 11.7 Å². The second-order valence-corrected chi connectivity index (χ2v) is 8.50. The lowest BCUT2D eigenvalue weighted by molar-refractivity contribution is 0.0996. The van der Waals surface area contributed by atoms with E-state index in [1.807, 2.05) is 4.57 Å². The number of aromatic nitrogens is 3. The number of furan rings is 1. The summed E-state index contributed by atoms with van der Waals surface area (Å²) >= 11 is 0. The van der Waals surface area contributed by atoms with Gasteiger partial charge in [0.25, 0.3) is 5.91 Å². The van der Waals surface area contributed by atoms with E-state index in [-0.39, 0.29) is 22.8 Å². The van der Waals surface area contributed by atoms with Gasteiger partial charge in [0.1, 0.15) is 5.82 Å². The Morgan fingerprint density at radius 1 is 1.12 bits per heavy atom. The second kappa shape index (κ2) is 8.27. The monoisotopic (exact) mass is 448 g/mol. The number of benzene rings is 1. The molecular weight excluding hydrogens is 426 g/mol. The maximum Gasteiger partial charge on any atom is 0.291 e. The highest BCUT2D eigenvalue weighted by atomic mass is 19.1. The summed E-state index contributed by atoms with van der Waals surface area (Å²) in [4.78, 5) is 21.4. The van der Waals surface area contributed by atoms with Crippen LogP contribution in [-0.2, 0) is 5.54 Å². The molecule has 0 atom stereocenters. The number of halogens is 2. The summed E-state index contributed by atoms with van der Waals surface area (Å²) in [5.74, 6) is -1.55. The van der Waals surface area contributed by atoms with Gasteiger partial charge in [0.05, 0.1) is 35.9 Å². The summed E-state index contributed by atoms with van der Waals surface area (Å²) in [5, 5.41) is 2.64. The van der Waals surface area contributed by atoms with Gasteiger partial charge < -0.3 is 14.3 Å². The highest BCUT2D eigenvalue weighted by molar-refractivity contribution is 6.05. The van der Waals surface area contributed by atoms with Gasteiger partial charge >= 0.3 is 0 Å². The van der Waals surface area contributed by atoms with Gasteiger partial charge in [-0.15, -0.1) is 0 Å². The van der Waals surface area contributed by atoms with Gasteiger partial charge in [0.2, 0.25) is 0 Å². The van der Waals surface area contributed by atoms with Crippen LogP contribution in [0.5, 0.6) is 0 Å². The lowest BCUT2D eigenvalue weighted by atomic mass is 9.97. The number of pyridine rings is 1. The summed E-state index contributed by atoms with van der Waals surface area (Å²) in [5.41, 5.74) is 2.00. The lowest BCUT2D eigenvalue weighted by Gasteiger charge is -2.29. The van der Waals surface area contributed by atoms with Crippen LogP contribution >= 0.6 is 0 Å². The van der Waals surface area contributed by atoms with Crippen LogP contribution in [0.25, 0.3) is 22.5 Å². The summed E-state index contributed by atoms with van der Waals surface area (Å²) in [7, 11) is 0. The van der Waals surface area contributed by atoms with Gasteiger partial charge in [0, 0.05) is 22.9 Å². The van der Waals surface area contributed by atoms with E-state index >= 15 is 4.39 Å². The van der Waals surface area contributed by atoms with Crippen LogP contribution in [0, 0.1) is 11.6 Å². The normalized spacial score (nSPS) is 15.0. The maximum absolute atomic E-state index is 15.0. The van der Waals surface area contributed by atoms with Crippen molar-refractivity contribution < 1.29 is 18.0 Å². The summed E-state index contributed by atoms with van der Waals surface area (Å²) in [6.07, 6.45) is 9.71. The Bertz CT molecular complexity index is 1290. The van der Waals surface area contributed by atoms with Gasteiger partial charge in [-0.05, 0) is 56.2 Å². The Labute approximate surface area is 189 Å². The molecule has 4 aromatic rings. The van der Waals surface area contributed by atoms with Crippen LogP contribution in [0.1, 0.15) is 43.2 Å². The first-order chi connectivity index (χ1) is 16.0. The predicted octanol–water partition coefficient (Wildman–Crippen LogP) is 6.02. The van der Waals surface area contributed by atoms with Crippen molar-refractivity contribution in [1.29, 1.82) is 0 Å². The molecule has 0 unspecified atom stereocenters. The van der Waals surface area contributed by atoms with Crippen molar-refractivity contribution in [3.63, 3.8) is 0 Å². The van der Waals surface area contributed by atoms with Crippen LogP contribution < -0.4 is 5.32 Å². The molecule has 1 N–H and O–H groups in total. The first-order valence-electron chi connectivity index (χ1n) is 10.8. The fraction of sp³-hybridized carbons (Fsp3) is 0.240. The minimum atomic E-state index is -0.679. The molecule has 33 heavy (non-hydrogen) atoms. The molecule has 0 saturated heterocycles. The van der Waals surface area contributed by atoms with Crippen LogP contribution in [-0.4, -0.2) is 20.4 Å². The lowest BCUT2D eigenvalue weighted by Crippen LogP contribution is -2.26. The number of nitrogens with one attached hydrogen (secondary N) is 1. The second-order valence-electron chi connectivity index (χ2n) is 8.50. The summed E-state index contributed by atoms with van der Waals surface area (Å²) < 4.78 is 35.8. The van der Waals surface area contributed by atoms with Crippen LogP contribution in [0.3, 0.4) is 0 Å². The van der Waals surface area contributed by atoms with Gasteiger partial charge in [-0.25, -0.2) is 13.8 Å². The minimum Gasteiger partial charge on any atom is -0.459 e. The van der Waals surface area contributed by atoms with Crippen molar-refractivity contribution in [3.8, 4) is 22.5 Å². The number of hydrogen-bond donors (Lipinski definition) is 1. The molecule has 1 aromatic carbocycles. The molecular formula is C25H22F2N4O2. The largest absolute Gasteiger partial charge is 0.459 e. The smallest absolute Gasteiger partial charge is 0.291 e. The third kappa shape index (κ3) is 3.82. The Hall–Kier alpha value is -3.81. The van der Waals surface area contributed by atoms with E-state index in [2.05, 4.69) is 22.2 Å². The van der Waals surface area contributed by atoms with E-state index in [0.29, 0.717) is 22.5 Å². The molecule has 6 nitrogen and oxygen atoms in total.